The first kappa shape index (κ1) is 17.4. The van der Waals surface area contributed by atoms with Crippen LogP contribution in [0.2, 0.25) is 5.02 Å². The largest absolute Gasteiger partial charge is 0.324 e. The molecule has 4 heteroatoms. The summed E-state index contributed by atoms with van der Waals surface area (Å²) in [7, 11) is 4.24. The minimum Gasteiger partial charge on any atom is -0.324 e. The van der Waals surface area contributed by atoms with Crippen LogP contribution in [-0.4, -0.2) is 50.1 Å². The van der Waals surface area contributed by atoms with Gasteiger partial charge in [-0.25, -0.2) is 0 Å². The predicted molar refractivity (Wildman–Crippen MR) is 88.3 cm³/mol. The number of halogens is 1. The number of rotatable bonds is 9. The summed E-state index contributed by atoms with van der Waals surface area (Å²) in [5.74, 6) is 0. The van der Waals surface area contributed by atoms with Crippen molar-refractivity contribution >= 4 is 11.6 Å². The Labute approximate surface area is 128 Å². The third-order valence-electron chi connectivity index (χ3n) is 3.58. The van der Waals surface area contributed by atoms with Gasteiger partial charge in [0.1, 0.15) is 0 Å². The van der Waals surface area contributed by atoms with Gasteiger partial charge >= 0.3 is 0 Å². The summed E-state index contributed by atoms with van der Waals surface area (Å²) in [5.41, 5.74) is 7.41. The first-order valence-electron chi connectivity index (χ1n) is 7.41. The van der Waals surface area contributed by atoms with E-state index in [4.69, 9.17) is 17.3 Å². The fraction of sp³-hybridized carbons (Fsp3) is 0.625. The van der Waals surface area contributed by atoms with Gasteiger partial charge in [-0.1, -0.05) is 30.7 Å². The fourth-order valence-corrected chi connectivity index (χ4v) is 2.36. The number of nitrogens with two attached hydrogens (primary N) is 1. The summed E-state index contributed by atoms with van der Waals surface area (Å²) in [5, 5.41) is 0.764. The lowest BCUT2D eigenvalue weighted by molar-refractivity contribution is 0.257. The van der Waals surface area contributed by atoms with Crippen molar-refractivity contribution in [2.45, 2.75) is 25.8 Å². The molecule has 0 fully saturated rings. The zero-order chi connectivity index (χ0) is 15.0. The molecule has 0 saturated heterocycles. The number of hydrogen-bond donors (Lipinski definition) is 1. The molecule has 0 amide bonds. The molecule has 1 unspecified atom stereocenters. The summed E-state index contributed by atoms with van der Waals surface area (Å²) >= 11 is 5.90. The third-order valence-corrected chi connectivity index (χ3v) is 3.83. The van der Waals surface area contributed by atoms with Gasteiger partial charge < -0.3 is 15.5 Å². The van der Waals surface area contributed by atoms with Crippen LogP contribution in [0.5, 0.6) is 0 Å². The quantitative estimate of drug-likeness (QED) is 0.760. The van der Waals surface area contributed by atoms with Gasteiger partial charge in [0.2, 0.25) is 0 Å². The summed E-state index contributed by atoms with van der Waals surface area (Å²) in [6.45, 7) is 6.62. The second-order valence-corrected chi connectivity index (χ2v) is 5.97. The molecule has 1 aromatic rings. The average Bonchev–Trinajstić information content (AvgIpc) is 2.42. The van der Waals surface area contributed by atoms with Gasteiger partial charge in [-0.3, -0.25) is 0 Å². The zero-order valence-electron chi connectivity index (χ0n) is 13.0. The van der Waals surface area contributed by atoms with Gasteiger partial charge in [0, 0.05) is 11.1 Å². The monoisotopic (exact) mass is 297 g/mol. The van der Waals surface area contributed by atoms with E-state index < -0.39 is 0 Å². The molecule has 0 heterocycles. The summed E-state index contributed by atoms with van der Waals surface area (Å²) in [4.78, 5) is 4.70. The molecule has 3 nitrogen and oxygen atoms in total. The smallest absolute Gasteiger partial charge is 0.0406 e. The molecule has 0 spiro atoms. The molecule has 0 aliphatic rings. The van der Waals surface area contributed by atoms with Crippen LogP contribution >= 0.6 is 11.6 Å². The van der Waals surface area contributed by atoms with Crippen LogP contribution in [0, 0.1) is 0 Å². The summed E-state index contributed by atoms with van der Waals surface area (Å²) in [6, 6.07) is 7.96. The maximum Gasteiger partial charge on any atom is 0.0406 e. The molecular weight excluding hydrogens is 270 g/mol. The lowest BCUT2D eigenvalue weighted by Crippen LogP contribution is -2.30. The van der Waals surface area contributed by atoms with Crippen molar-refractivity contribution in [2.75, 3.05) is 40.3 Å². The van der Waals surface area contributed by atoms with Crippen LogP contribution in [0.15, 0.2) is 24.3 Å². The highest BCUT2D eigenvalue weighted by Crippen LogP contribution is 2.17. The van der Waals surface area contributed by atoms with E-state index in [9.17, 15) is 0 Å². The van der Waals surface area contributed by atoms with Gasteiger partial charge in [-0.2, -0.15) is 0 Å². The van der Waals surface area contributed by atoms with Crippen molar-refractivity contribution < 1.29 is 0 Å². The van der Waals surface area contributed by atoms with Crippen molar-refractivity contribution in [3.63, 3.8) is 0 Å². The molecule has 0 aromatic heterocycles. The minimum atomic E-state index is 0.0927. The van der Waals surface area contributed by atoms with E-state index in [0.717, 1.165) is 37.6 Å². The first-order chi connectivity index (χ1) is 9.52. The van der Waals surface area contributed by atoms with E-state index in [1.165, 1.54) is 12.0 Å². The molecule has 0 saturated carbocycles. The van der Waals surface area contributed by atoms with E-state index in [0.29, 0.717) is 0 Å². The van der Waals surface area contributed by atoms with Crippen molar-refractivity contribution in [3.05, 3.63) is 34.9 Å². The molecule has 20 heavy (non-hydrogen) atoms. The highest BCUT2D eigenvalue weighted by Gasteiger charge is 2.09. The first-order valence-corrected chi connectivity index (χ1v) is 7.79. The minimum absolute atomic E-state index is 0.0927. The van der Waals surface area contributed by atoms with Crippen molar-refractivity contribution in [1.82, 2.24) is 9.80 Å². The van der Waals surface area contributed by atoms with Crippen LogP contribution < -0.4 is 5.73 Å². The highest BCUT2D eigenvalue weighted by molar-refractivity contribution is 6.30. The second-order valence-electron chi connectivity index (χ2n) is 5.54. The van der Waals surface area contributed by atoms with Gasteiger partial charge in [0.05, 0.1) is 0 Å². The van der Waals surface area contributed by atoms with Crippen LogP contribution in [0.3, 0.4) is 0 Å². The van der Waals surface area contributed by atoms with Crippen molar-refractivity contribution in [2.24, 2.45) is 5.73 Å². The van der Waals surface area contributed by atoms with Crippen LogP contribution in [0.1, 0.15) is 31.4 Å². The molecule has 1 rings (SSSR count). The maximum absolute atomic E-state index is 6.25. The van der Waals surface area contributed by atoms with E-state index in [-0.39, 0.29) is 6.04 Å². The van der Waals surface area contributed by atoms with Gasteiger partial charge in [-0.15, -0.1) is 0 Å². The van der Waals surface area contributed by atoms with Crippen molar-refractivity contribution in [3.8, 4) is 0 Å². The maximum atomic E-state index is 6.25. The lowest BCUT2D eigenvalue weighted by atomic mass is 10.0. The topological polar surface area (TPSA) is 32.5 Å². The standard InChI is InChI=1S/C16H28ClN3/c1-4-20(12-5-11-19(2)3)13-10-16(18)14-6-8-15(17)9-7-14/h6-9,16H,4-5,10-13,18H2,1-3H3. The Hall–Kier alpha value is -0.610. The number of benzene rings is 1. The Morgan fingerprint density at radius 3 is 2.30 bits per heavy atom. The van der Waals surface area contributed by atoms with E-state index >= 15 is 0 Å². The molecule has 0 radical (unpaired) electrons. The zero-order valence-corrected chi connectivity index (χ0v) is 13.7. The van der Waals surface area contributed by atoms with Gasteiger partial charge in [0.25, 0.3) is 0 Å². The summed E-state index contributed by atoms with van der Waals surface area (Å²) < 4.78 is 0. The van der Waals surface area contributed by atoms with E-state index in [1.54, 1.807) is 0 Å². The molecule has 2 N–H and O–H groups in total. The Balaban J connectivity index is 2.33. The lowest BCUT2D eigenvalue weighted by Gasteiger charge is -2.23. The molecule has 0 aliphatic heterocycles. The Morgan fingerprint density at radius 1 is 1.10 bits per heavy atom. The Kier molecular flexibility index (Phi) is 8.15. The SMILES string of the molecule is CCN(CCCN(C)C)CCC(N)c1ccc(Cl)cc1. The average molecular weight is 298 g/mol. The molecular formula is C16H28ClN3. The van der Waals surface area contributed by atoms with Crippen molar-refractivity contribution in [1.29, 1.82) is 0 Å². The fourth-order valence-electron chi connectivity index (χ4n) is 2.24. The second kappa shape index (κ2) is 9.35. The molecule has 1 atom stereocenters. The highest BCUT2D eigenvalue weighted by atomic mass is 35.5. The third kappa shape index (κ3) is 6.71. The normalized spacial score (nSPS) is 13.2. The van der Waals surface area contributed by atoms with Gasteiger partial charge in [-0.05, 0) is 70.8 Å². The predicted octanol–water partition coefficient (Wildman–Crippen LogP) is 3.00. The Morgan fingerprint density at radius 2 is 1.75 bits per heavy atom. The molecule has 0 bridgehead atoms. The molecule has 0 aliphatic carbocycles. The van der Waals surface area contributed by atoms with Crippen LogP contribution in [0.25, 0.3) is 0 Å². The van der Waals surface area contributed by atoms with Crippen LogP contribution in [0.4, 0.5) is 0 Å². The van der Waals surface area contributed by atoms with E-state index in [2.05, 4.69) is 30.8 Å². The number of hydrogen-bond acceptors (Lipinski definition) is 3. The van der Waals surface area contributed by atoms with Crippen LogP contribution in [-0.2, 0) is 0 Å². The molecule has 114 valence electrons. The molecule has 1 aromatic carbocycles. The van der Waals surface area contributed by atoms with E-state index in [1.807, 2.05) is 24.3 Å². The number of nitrogens with zero attached hydrogens (tertiary/aromatic N) is 2. The Bertz CT molecular complexity index is 364. The summed E-state index contributed by atoms with van der Waals surface area (Å²) in [6.07, 6.45) is 2.19. The van der Waals surface area contributed by atoms with Gasteiger partial charge in [0.15, 0.2) is 0 Å².